The Labute approximate surface area is 126 Å². The van der Waals surface area contributed by atoms with Crippen molar-refractivity contribution in [3.8, 4) is 0 Å². The molecule has 0 saturated carbocycles. The number of amides is 1. The van der Waals surface area contributed by atoms with Gasteiger partial charge in [-0.15, -0.1) is 0 Å². The number of rotatable bonds is 15. The maximum Gasteiger partial charge on any atom is 0.217 e. The van der Waals surface area contributed by atoms with Gasteiger partial charge in [-0.3, -0.25) is 4.79 Å². The first-order chi connectivity index (χ1) is 9.77. The van der Waals surface area contributed by atoms with E-state index in [1.54, 1.807) is 0 Å². The van der Waals surface area contributed by atoms with E-state index in [0.717, 1.165) is 12.8 Å². The van der Waals surface area contributed by atoms with Crippen LogP contribution in [0.4, 0.5) is 0 Å². The number of carbonyl (C=O) groups is 1. The predicted molar refractivity (Wildman–Crippen MR) is 88.6 cm³/mol. The first-order valence-electron chi connectivity index (χ1n) is 8.70. The van der Waals surface area contributed by atoms with Crippen molar-refractivity contribution in [1.82, 2.24) is 0 Å². The molecule has 0 saturated heterocycles. The van der Waals surface area contributed by atoms with Crippen LogP contribution in [-0.2, 0) is 4.79 Å². The predicted octanol–water partition coefficient (Wildman–Crippen LogP) is 5.51. The molecule has 0 unspecified atom stereocenters. The maximum atomic E-state index is 10.5. The molecule has 0 aliphatic heterocycles. The van der Waals surface area contributed by atoms with E-state index in [-0.39, 0.29) is 5.91 Å². The van der Waals surface area contributed by atoms with Crippen LogP contribution in [0.5, 0.6) is 0 Å². The zero-order valence-electron chi connectivity index (χ0n) is 13.5. The van der Waals surface area contributed by atoms with E-state index in [1.165, 1.54) is 70.6 Å². The molecule has 118 valence electrons. The van der Waals surface area contributed by atoms with E-state index >= 15 is 0 Å². The number of primary amides is 1. The Morgan fingerprint density at radius 3 is 1.70 bits per heavy atom. The van der Waals surface area contributed by atoms with E-state index in [4.69, 9.17) is 5.73 Å². The molecule has 20 heavy (non-hydrogen) atoms. The zero-order valence-corrected chi connectivity index (χ0v) is 13.5. The SMILES string of the molecule is CCCCCCC/C=C\CCCCCCCCC(N)=O. The molecule has 0 aromatic rings. The molecule has 0 rings (SSSR count). The number of unbranched alkanes of at least 4 members (excludes halogenated alkanes) is 11. The summed E-state index contributed by atoms with van der Waals surface area (Å²) in [5.41, 5.74) is 5.10. The molecule has 0 radical (unpaired) electrons. The van der Waals surface area contributed by atoms with Gasteiger partial charge in [0, 0.05) is 6.42 Å². The van der Waals surface area contributed by atoms with E-state index in [0.29, 0.717) is 6.42 Å². The summed E-state index contributed by atoms with van der Waals surface area (Å²) in [6, 6.07) is 0. The average Bonchev–Trinajstić information content (AvgIpc) is 2.43. The molecule has 0 bridgehead atoms. The highest BCUT2D eigenvalue weighted by Gasteiger charge is 1.94. The van der Waals surface area contributed by atoms with Crippen LogP contribution in [-0.4, -0.2) is 5.91 Å². The molecule has 0 heterocycles. The minimum Gasteiger partial charge on any atom is -0.370 e. The monoisotopic (exact) mass is 281 g/mol. The Morgan fingerprint density at radius 1 is 0.750 bits per heavy atom. The first-order valence-corrected chi connectivity index (χ1v) is 8.70. The Balaban J connectivity index is 3.06. The van der Waals surface area contributed by atoms with Crippen LogP contribution in [0.15, 0.2) is 12.2 Å². The van der Waals surface area contributed by atoms with E-state index in [9.17, 15) is 4.79 Å². The molecule has 0 aliphatic carbocycles. The van der Waals surface area contributed by atoms with Gasteiger partial charge in [-0.05, 0) is 32.1 Å². The smallest absolute Gasteiger partial charge is 0.217 e. The fourth-order valence-electron chi connectivity index (χ4n) is 2.37. The van der Waals surface area contributed by atoms with Gasteiger partial charge in [-0.2, -0.15) is 0 Å². The van der Waals surface area contributed by atoms with E-state index in [2.05, 4.69) is 19.1 Å². The number of carbonyl (C=O) groups excluding carboxylic acids is 1. The van der Waals surface area contributed by atoms with Crippen LogP contribution in [0.2, 0.25) is 0 Å². The van der Waals surface area contributed by atoms with Crippen molar-refractivity contribution in [2.75, 3.05) is 0 Å². The molecule has 0 atom stereocenters. The summed E-state index contributed by atoms with van der Waals surface area (Å²) in [4.78, 5) is 10.5. The van der Waals surface area contributed by atoms with Gasteiger partial charge in [0.05, 0.1) is 0 Å². The Hall–Kier alpha value is -0.790. The minimum absolute atomic E-state index is 0.162. The van der Waals surface area contributed by atoms with Gasteiger partial charge in [0.1, 0.15) is 0 Å². The Kier molecular flexibility index (Phi) is 15.6. The zero-order chi connectivity index (χ0) is 14.9. The van der Waals surface area contributed by atoms with Gasteiger partial charge >= 0.3 is 0 Å². The number of nitrogens with two attached hydrogens (primary N) is 1. The normalized spacial score (nSPS) is 11.2. The van der Waals surface area contributed by atoms with Gasteiger partial charge in [-0.25, -0.2) is 0 Å². The van der Waals surface area contributed by atoms with Crippen molar-refractivity contribution in [3.05, 3.63) is 12.2 Å². The largest absolute Gasteiger partial charge is 0.370 e. The van der Waals surface area contributed by atoms with Crippen molar-refractivity contribution in [2.45, 2.75) is 96.8 Å². The van der Waals surface area contributed by atoms with Crippen LogP contribution in [0.3, 0.4) is 0 Å². The summed E-state index contributed by atoms with van der Waals surface area (Å²) in [6.45, 7) is 2.26. The molecular formula is C18H35NO. The van der Waals surface area contributed by atoms with Crippen LogP contribution >= 0.6 is 0 Å². The summed E-state index contributed by atoms with van der Waals surface area (Å²) in [6.07, 6.45) is 21.9. The molecule has 0 aromatic heterocycles. The van der Waals surface area contributed by atoms with Crippen LogP contribution < -0.4 is 5.73 Å². The summed E-state index contributed by atoms with van der Waals surface area (Å²) < 4.78 is 0. The molecule has 2 nitrogen and oxygen atoms in total. The molecule has 0 aromatic carbocycles. The third-order valence-electron chi connectivity index (χ3n) is 3.68. The fourth-order valence-corrected chi connectivity index (χ4v) is 2.37. The molecule has 0 aliphatic rings. The van der Waals surface area contributed by atoms with Crippen molar-refractivity contribution < 1.29 is 4.79 Å². The summed E-state index contributed by atoms with van der Waals surface area (Å²) >= 11 is 0. The quantitative estimate of drug-likeness (QED) is 0.312. The highest BCUT2D eigenvalue weighted by Crippen LogP contribution is 2.09. The number of hydrogen-bond donors (Lipinski definition) is 1. The minimum atomic E-state index is -0.162. The molecule has 1 amide bonds. The van der Waals surface area contributed by atoms with E-state index < -0.39 is 0 Å². The van der Waals surface area contributed by atoms with Gasteiger partial charge in [0.25, 0.3) is 0 Å². The molecule has 2 heteroatoms. The Morgan fingerprint density at radius 2 is 1.20 bits per heavy atom. The van der Waals surface area contributed by atoms with Gasteiger partial charge < -0.3 is 5.73 Å². The summed E-state index contributed by atoms with van der Waals surface area (Å²) in [5, 5.41) is 0. The van der Waals surface area contributed by atoms with Crippen molar-refractivity contribution in [2.24, 2.45) is 5.73 Å². The van der Waals surface area contributed by atoms with Crippen LogP contribution in [0, 0.1) is 0 Å². The lowest BCUT2D eigenvalue weighted by atomic mass is 10.1. The summed E-state index contributed by atoms with van der Waals surface area (Å²) in [7, 11) is 0. The van der Waals surface area contributed by atoms with Gasteiger partial charge in [0.2, 0.25) is 5.91 Å². The standard InChI is InChI=1S/C18H35NO/c1-2-3-4-5-6-7-8-9-10-11-12-13-14-15-16-17-18(19)20/h8-9H,2-7,10-17H2,1H3,(H2,19,20)/b9-8-. The third-order valence-corrected chi connectivity index (χ3v) is 3.68. The fraction of sp³-hybridized carbons (Fsp3) is 0.833. The Bertz CT molecular complexity index is 236. The van der Waals surface area contributed by atoms with Crippen molar-refractivity contribution in [3.63, 3.8) is 0 Å². The molecule has 0 fully saturated rings. The second-order valence-corrected chi connectivity index (χ2v) is 5.80. The topological polar surface area (TPSA) is 43.1 Å². The molecule has 2 N–H and O–H groups in total. The molecular weight excluding hydrogens is 246 g/mol. The van der Waals surface area contributed by atoms with Crippen LogP contribution in [0.25, 0.3) is 0 Å². The van der Waals surface area contributed by atoms with Crippen molar-refractivity contribution in [1.29, 1.82) is 0 Å². The van der Waals surface area contributed by atoms with Gasteiger partial charge in [0.15, 0.2) is 0 Å². The lowest BCUT2D eigenvalue weighted by Crippen LogP contribution is -2.09. The summed E-state index contributed by atoms with van der Waals surface area (Å²) in [5.74, 6) is -0.162. The maximum absolute atomic E-state index is 10.5. The first kappa shape index (κ1) is 19.2. The second kappa shape index (κ2) is 16.3. The highest BCUT2D eigenvalue weighted by molar-refractivity contribution is 5.73. The third kappa shape index (κ3) is 17.2. The average molecular weight is 281 g/mol. The van der Waals surface area contributed by atoms with Crippen LogP contribution in [0.1, 0.15) is 96.8 Å². The highest BCUT2D eigenvalue weighted by atomic mass is 16.1. The lowest BCUT2D eigenvalue weighted by Gasteiger charge is -1.99. The number of hydrogen-bond acceptors (Lipinski definition) is 1. The number of allylic oxidation sites excluding steroid dienone is 2. The lowest BCUT2D eigenvalue weighted by molar-refractivity contribution is -0.118. The van der Waals surface area contributed by atoms with E-state index in [1.807, 2.05) is 0 Å². The van der Waals surface area contributed by atoms with Crippen molar-refractivity contribution >= 4 is 5.91 Å². The second-order valence-electron chi connectivity index (χ2n) is 5.80. The van der Waals surface area contributed by atoms with Gasteiger partial charge in [-0.1, -0.05) is 70.4 Å². The molecule has 0 spiro atoms.